The van der Waals surface area contributed by atoms with Crippen LogP contribution in [-0.2, 0) is 55.8 Å². The van der Waals surface area contributed by atoms with Gasteiger partial charge in [0.25, 0.3) is 0 Å². The minimum absolute atomic E-state index is 0.0434. The lowest BCUT2D eigenvalue weighted by molar-refractivity contribution is -0.161. The van der Waals surface area contributed by atoms with Crippen LogP contribution in [0.15, 0.2) is 182 Å². The SMILES string of the molecule is CC/C=C\C/C=C\C/C=C\C/C=C\C/C=C\C/C=C\CCCCC(=O)OC(COC(=O)CCCCCCCCCCCCC/C=C\C/C=C\C/C=C\C/C=C\CCCCC)COP(=O)(O)OCC(O)COP(=O)(O)OCC(O)COC(=O)CCCCCCCCCCCCCCCCC/C=C\C/C=C\C/C=C\C/C=C\C/C=C\CC. The minimum atomic E-state index is -4.96. The van der Waals surface area contributed by atoms with E-state index in [9.17, 15) is 43.5 Å². The molecule has 4 N–H and O–H groups in total. The minimum Gasteiger partial charge on any atom is -0.463 e. The number of esters is 3. The van der Waals surface area contributed by atoms with Gasteiger partial charge in [-0.25, -0.2) is 9.13 Å². The first-order valence-corrected chi connectivity index (χ1v) is 48.1. The Morgan fingerprint density at radius 2 is 0.461 bits per heavy atom. The summed E-state index contributed by atoms with van der Waals surface area (Å²) in [6.45, 7) is 2.40. The van der Waals surface area contributed by atoms with Crippen molar-refractivity contribution < 1.29 is 75.8 Å². The molecule has 115 heavy (non-hydrogen) atoms. The highest BCUT2D eigenvalue weighted by Crippen LogP contribution is 2.45. The quantitative estimate of drug-likeness (QED) is 0.0146. The fourth-order valence-corrected chi connectivity index (χ4v) is 13.4. The van der Waals surface area contributed by atoms with Gasteiger partial charge in [0.1, 0.15) is 25.4 Å². The third kappa shape index (κ3) is 89.3. The molecule has 0 saturated carbocycles. The summed E-state index contributed by atoms with van der Waals surface area (Å²) in [7, 11) is -9.83. The number of aliphatic hydroxyl groups excluding tert-OH is 2. The second-order valence-corrected chi connectivity index (χ2v) is 32.5. The molecule has 5 unspecified atom stereocenters. The van der Waals surface area contributed by atoms with Crippen LogP contribution in [0.5, 0.6) is 0 Å². The van der Waals surface area contributed by atoms with Crippen molar-refractivity contribution >= 4 is 33.6 Å². The van der Waals surface area contributed by atoms with Gasteiger partial charge in [-0.05, 0) is 161 Å². The predicted molar refractivity (Wildman–Crippen MR) is 481 cm³/mol. The average molecular weight is 1650 g/mol. The van der Waals surface area contributed by atoms with E-state index in [-0.39, 0.29) is 19.3 Å². The van der Waals surface area contributed by atoms with E-state index >= 15 is 0 Å². The number of hydrogen-bond donors (Lipinski definition) is 4. The van der Waals surface area contributed by atoms with E-state index in [1.54, 1.807) is 0 Å². The number of rotatable bonds is 84. The molecule has 0 rings (SSSR count). The number of phosphoric acid groups is 2. The molecule has 0 aromatic rings. The van der Waals surface area contributed by atoms with Crippen LogP contribution in [0.2, 0.25) is 0 Å². The molecule has 16 nitrogen and oxygen atoms in total. The average Bonchev–Trinajstić information content (AvgIpc) is 0.880. The van der Waals surface area contributed by atoms with E-state index in [2.05, 4.69) is 203 Å². The Hall–Kier alpha value is -5.35. The van der Waals surface area contributed by atoms with Crippen LogP contribution in [0, 0.1) is 0 Å². The number of phosphoric ester groups is 2. The Morgan fingerprint density at radius 1 is 0.252 bits per heavy atom. The Labute approximate surface area is 700 Å². The van der Waals surface area contributed by atoms with Gasteiger partial charge in [-0.15, -0.1) is 0 Å². The Morgan fingerprint density at radius 3 is 0.748 bits per heavy atom. The lowest BCUT2D eigenvalue weighted by atomic mass is 10.0. The number of allylic oxidation sites excluding steroid dienone is 30. The third-order valence-electron chi connectivity index (χ3n) is 18.6. The van der Waals surface area contributed by atoms with Crippen molar-refractivity contribution in [1.29, 1.82) is 0 Å². The maximum absolute atomic E-state index is 13.0. The summed E-state index contributed by atoms with van der Waals surface area (Å²) in [5.74, 6) is -1.63. The van der Waals surface area contributed by atoms with Crippen LogP contribution in [0.3, 0.4) is 0 Å². The molecule has 0 spiro atoms. The van der Waals surface area contributed by atoms with Crippen molar-refractivity contribution in [2.75, 3.05) is 39.6 Å². The topological polar surface area (TPSA) is 231 Å². The Bertz CT molecular complexity index is 2820. The lowest BCUT2D eigenvalue weighted by Gasteiger charge is -2.21. The molecule has 0 fully saturated rings. The fourth-order valence-electron chi connectivity index (χ4n) is 11.8. The largest absolute Gasteiger partial charge is 0.472 e. The molecule has 0 heterocycles. The summed E-state index contributed by atoms with van der Waals surface area (Å²) < 4.78 is 61.4. The van der Waals surface area contributed by atoms with Crippen molar-refractivity contribution in [3.05, 3.63) is 182 Å². The van der Waals surface area contributed by atoms with E-state index in [4.69, 9.17) is 32.3 Å². The number of carbonyl (C=O) groups excluding carboxylic acids is 3. The molecular formula is C97H162O16P2. The van der Waals surface area contributed by atoms with Crippen molar-refractivity contribution in [3.8, 4) is 0 Å². The molecule has 5 atom stereocenters. The van der Waals surface area contributed by atoms with Gasteiger partial charge in [0.05, 0.1) is 26.4 Å². The van der Waals surface area contributed by atoms with Gasteiger partial charge in [0, 0.05) is 19.3 Å². The molecule has 0 aromatic heterocycles. The zero-order chi connectivity index (χ0) is 83.6. The van der Waals surface area contributed by atoms with E-state index in [1.165, 1.54) is 141 Å². The first kappa shape index (κ1) is 110. The smallest absolute Gasteiger partial charge is 0.463 e. The molecule has 18 heteroatoms. The van der Waals surface area contributed by atoms with Crippen LogP contribution >= 0.6 is 15.6 Å². The number of aliphatic hydroxyl groups is 2. The summed E-state index contributed by atoms with van der Waals surface area (Å²) in [5.41, 5.74) is 0. The van der Waals surface area contributed by atoms with E-state index < -0.39 is 91.5 Å². The number of hydrogen-bond acceptors (Lipinski definition) is 14. The van der Waals surface area contributed by atoms with Crippen LogP contribution in [0.1, 0.15) is 355 Å². The predicted octanol–water partition coefficient (Wildman–Crippen LogP) is 27.7. The number of ether oxygens (including phenoxy) is 3. The van der Waals surface area contributed by atoms with Crippen molar-refractivity contribution in [1.82, 2.24) is 0 Å². The number of unbranched alkanes of at least 4 members (excludes halogenated alkanes) is 31. The number of carbonyl (C=O) groups is 3. The van der Waals surface area contributed by atoms with Gasteiger partial charge in [-0.1, -0.05) is 357 Å². The monoisotopic (exact) mass is 1650 g/mol. The lowest BCUT2D eigenvalue weighted by Crippen LogP contribution is -2.30. The van der Waals surface area contributed by atoms with Crippen molar-refractivity contribution in [3.63, 3.8) is 0 Å². The van der Waals surface area contributed by atoms with Gasteiger partial charge in [0.15, 0.2) is 6.10 Å². The Balaban J connectivity index is 4.63. The summed E-state index contributed by atoms with van der Waals surface area (Å²) in [6, 6.07) is 0. The van der Waals surface area contributed by atoms with Gasteiger partial charge in [-0.2, -0.15) is 0 Å². The van der Waals surface area contributed by atoms with Crippen molar-refractivity contribution in [2.24, 2.45) is 0 Å². The normalized spacial score (nSPS) is 14.7. The maximum Gasteiger partial charge on any atom is 0.472 e. The maximum atomic E-state index is 13.0. The fraction of sp³-hybridized carbons (Fsp3) is 0.660. The van der Waals surface area contributed by atoms with Gasteiger partial charge in [-0.3, -0.25) is 32.5 Å². The van der Waals surface area contributed by atoms with E-state index in [0.29, 0.717) is 25.7 Å². The molecule has 0 amide bonds. The molecule has 0 aromatic carbocycles. The van der Waals surface area contributed by atoms with Gasteiger partial charge in [0.2, 0.25) is 0 Å². The highest BCUT2D eigenvalue weighted by molar-refractivity contribution is 7.47. The summed E-state index contributed by atoms with van der Waals surface area (Å²) in [5, 5.41) is 20.7. The van der Waals surface area contributed by atoms with Crippen LogP contribution in [-0.4, -0.2) is 95.9 Å². The van der Waals surface area contributed by atoms with Crippen LogP contribution in [0.25, 0.3) is 0 Å². The van der Waals surface area contributed by atoms with E-state index in [0.717, 1.165) is 148 Å². The second-order valence-electron chi connectivity index (χ2n) is 29.6. The second kappa shape index (κ2) is 87.9. The van der Waals surface area contributed by atoms with Crippen molar-refractivity contribution in [2.45, 2.75) is 373 Å². The first-order chi connectivity index (χ1) is 56.2. The summed E-state index contributed by atoms with van der Waals surface area (Å²) >= 11 is 0. The molecular weight excluding hydrogens is 1480 g/mol. The zero-order valence-corrected chi connectivity index (χ0v) is 73.9. The standard InChI is InChI=1S/C97H162O16P2/c1-4-7-10-13-16-19-22-25-28-31-34-37-39-41-43-44-45-46-48-50-51-54-56-59-62-65-68-71-74-77-80-83-95(100)107-86-92(98)87-109-114(103,104)110-88-93(99)89-111-115(105,106)112-91-94(113-97(102)85-82-79-76-73-70-67-64-61-58-53-36-33-30-27-24-21-18-15-12-9-6-3)90-108-96(101)84-81-78-75-72-69-66-63-60-57-55-52-49-47-42-40-38-35-32-29-26-23-20-17-14-11-8-5-2/h7,9-10,12,16-21,25-30,34-38,41-43,47,53,61,64,70,73,92-94,98-99H,4-6,8,11,13-15,22-24,31-33,39-40,44-46,48-52,54-60,62-63,65-69,71-72,74-91H2,1-3H3,(H,103,104)(H,105,106)/b10-7-,12-9-,19-16-,20-17-,21-18-,28-25-,29-26-,30-27-,37-34-,38-35-,43-41-,47-42-,53-36-,64-61-,73-70-. The first-order valence-electron chi connectivity index (χ1n) is 45.1. The Kier molecular flexibility index (Phi) is 83.9. The molecule has 0 bridgehead atoms. The van der Waals surface area contributed by atoms with Gasteiger partial charge >= 0.3 is 33.6 Å². The molecule has 0 aliphatic rings. The van der Waals surface area contributed by atoms with Gasteiger partial charge < -0.3 is 34.2 Å². The highest BCUT2D eigenvalue weighted by atomic mass is 31.2. The molecule has 0 aliphatic heterocycles. The van der Waals surface area contributed by atoms with Crippen LogP contribution in [0.4, 0.5) is 0 Å². The zero-order valence-electron chi connectivity index (χ0n) is 72.1. The third-order valence-corrected chi connectivity index (χ3v) is 20.5. The molecule has 0 radical (unpaired) electrons. The van der Waals surface area contributed by atoms with E-state index in [1.807, 2.05) is 0 Å². The summed E-state index contributed by atoms with van der Waals surface area (Å²) in [6.07, 6.45) is 115. The summed E-state index contributed by atoms with van der Waals surface area (Å²) in [4.78, 5) is 58.9. The molecule has 656 valence electrons. The van der Waals surface area contributed by atoms with Crippen LogP contribution < -0.4 is 0 Å². The highest BCUT2D eigenvalue weighted by Gasteiger charge is 2.29. The molecule has 0 saturated heterocycles. The molecule has 0 aliphatic carbocycles.